The number of urea groups is 1. The standard InChI is InChI=1S/C25H45N3O5S/c1-23(2,3)33-20(30)12-24(4,5)15-32-16-25(6,7)14-26-19(29)11-9-8-10-18-21-17(13-34-18)27-22(31)28-21/h17-18,21H,8-16H2,1-7H3,(H,26,29)(H2,27,28,31). The van der Waals surface area contributed by atoms with E-state index in [1.165, 1.54) is 0 Å². The van der Waals surface area contributed by atoms with E-state index in [0.29, 0.717) is 37.9 Å². The first-order valence-corrected chi connectivity index (χ1v) is 13.5. The number of carbonyl (C=O) groups excluding carboxylic acids is 3. The van der Waals surface area contributed by atoms with Gasteiger partial charge in [-0.1, -0.05) is 34.1 Å². The average Bonchev–Trinajstić information content (AvgIpc) is 3.20. The third-order valence-corrected chi connectivity index (χ3v) is 7.38. The van der Waals surface area contributed by atoms with Gasteiger partial charge in [-0.15, -0.1) is 0 Å². The van der Waals surface area contributed by atoms with Gasteiger partial charge in [-0.25, -0.2) is 4.79 Å². The molecule has 2 rings (SSSR count). The van der Waals surface area contributed by atoms with Crippen molar-refractivity contribution in [2.45, 2.75) is 104 Å². The molecule has 0 aromatic carbocycles. The van der Waals surface area contributed by atoms with Gasteiger partial charge in [-0.05, 0) is 39.0 Å². The Labute approximate surface area is 209 Å². The summed E-state index contributed by atoms with van der Waals surface area (Å²) in [6, 6.07) is 0.414. The van der Waals surface area contributed by atoms with Gasteiger partial charge < -0.3 is 25.4 Å². The molecule has 0 bridgehead atoms. The van der Waals surface area contributed by atoms with Crippen molar-refractivity contribution in [3.63, 3.8) is 0 Å². The molecule has 3 amide bonds. The monoisotopic (exact) mass is 499 g/mol. The summed E-state index contributed by atoms with van der Waals surface area (Å²) < 4.78 is 11.3. The molecular formula is C25H45N3O5S. The molecule has 196 valence electrons. The van der Waals surface area contributed by atoms with E-state index in [0.717, 1.165) is 25.0 Å². The van der Waals surface area contributed by atoms with Gasteiger partial charge in [0.25, 0.3) is 0 Å². The molecule has 0 saturated carbocycles. The molecule has 2 fully saturated rings. The van der Waals surface area contributed by atoms with Gasteiger partial charge >= 0.3 is 12.0 Å². The number of amides is 3. The molecule has 3 unspecified atom stereocenters. The quantitative estimate of drug-likeness (QED) is 0.203. The fourth-order valence-corrected chi connectivity index (χ4v) is 5.72. The first-order valence-electron chi connectivity index (χ1n) is 12.4. The number of hydrogen-bond acceptors (Lipinski definition) is 6. The van der Waals surface area contributed by atoms with Crippen molar-refractivity contribution >= 4 is 29.7 Å². The SMILES string of the molecule is CC(C)(CNC(=O)CCCCC1SCC2NC(=O)NC21)COCC(C)(C)CC(=O)OC(C)(C)C. The van der Waals surface area contributed by atoms with Crippen LogP contribution in [-0.2, 0) is 19.1 Å². The maximum Gasteiger partial charge on any atom is 0.315 e. The first kappa shape index (κ1) is 28.8. The lowest BCUT2D eigenvalue weighted by Gasteiger charge is -2.29. The lowest BCUT2D eigenvalue weighted by atomic mass is 9.90. The van der Waals surface area contributed by atoms with Crippen molar-refractivity contribution in [1.29, 1.82) is 0 Å². The van der Waals surface area contributed by atoms with Crippen molar-refractivity contribution in [2.75, 3.05) is 25.5 Å². The van der Waals surface area contributed by atoms with E-state index in [2.05, 4.69) is 29.8 Å². The Morgan fingerprint density at radius 3 is 2.38 bits per heavy atom. The van der Waals surface area contributed by atoms with E-state index >= 15 is 0 Å². The summed E-state index contributed by atoms with van der Waals surface area (Å²) in [4.78, 5) is 35.9. The number of carbonyl (C=O) groups is 3. The highest BCUT2D eigenvalue weighted by Gasteiger charge is 2.42. The van der Waals surface area contributed by atoms with Crippen molar-refractivity contribution in [3.8, 4) is 0 Å². The molecule has 0 aliphatic carbocycles. The molecule has 8 nitrogen and oxygen atoms in total. The topological polar surface area (TPSA) is 106 Å². The van der Waals surface area contributed by atoms with Crippen molar-refractivity contribution < 1.29 is 23.9 Å². The van der Waals surface area contributed by atoms with E-state index in [9.17, 15) is 14.4 Å². The van der Waals surface area contributed by atoms with Gasteiger partial charge in [0.2, 0.25) is 5.91 Å². The molecule has 3 atom stereocenters. The summed E-state index contributed by atoms with van der Waals surface area (Å²) in [6.07, 6.45) is 3.64. The minimum atomic E-state index is -0.488. The van der Waals surface area contributed by atoms with Crippen LogP contribution in [0.1, 0.15) is 80.6 Å². The number of unbranched alkanes of at least 4 members (excludes halogenated alkanes) is 1. The summed E-state index contributed by atoms with van der Waals surface area (Å²) >= 11 is 1.91. The Hall–Kier alpha value is -1.48. The molecule has 0 spiro atoms. The van der Waals surface area contributed by atoms with Gasteiger partial charge in [-0.2, -0.15) is 11.8 Å². The lowest BCUT2D eigenvalue weighted by molar-refractivity contribution is -0.158. The van der Waals surface area contributed by atoms with Gasteiger partial charge in [0.05, 0.1) is 31.7 Å². The Bertz CT molecular complexity index is 720. The van der Waals surface area contributed by atoms with E-state index in [1.54, 1.807) is 0 Å². The third kappa shape index (κ3) is 10.4. The molecule has 2 aliphatic rings. The normalized spacial score (nSPS) is 22.7. The maximum absolute atomic E-state index is 12.3. The smallest absolute Gasteiger partial charge is 0.315 e. The van der Waals surface area contributed by atoms with Crippen LogP contribution in [0.25, 0.3) is 0 Å². The maximum atomic E-state index is 12.3. The van der Waals surface area contributed by atoms with Crippen LogP contribution in [0.2, 0.25) is 0 Å². The van der Waals surface area contributed by atoms with Crippen LogP contribution in [0, 0.1) is 10.8 Å². The Morgan fingerprint density at radius 2 is 1.71 bits per heavy atom. The molecule has 0 aromatic heterocycles. The number of hydrogen-bond donors (Lipinski definition) is 3. The van der Waals surface area contributed by atoms with Crippen LogP contribution in [0.5, 0.6) is 0 Å². The first-order chi connectivity index (χ1) is 15.7. The van der Waals surface area contributed by atoms with E-state index in [4.69, 9.17) is 9.47 Å². The molecule has 34 heavy (non-hydrogen) atoms. The average molecular weight is 500 g/mol. The number of thioether (sulfide) groups is 1. The van der Waals surface area contributed by atoms with E-state index in [1.807, 2.05) is 46.4 Å². The molecule has 9 heteroatoms. The molecule has 0 radical (unpaired) electrons. The van der Waals surface area contributed by atoms with Crippen LogP contribution in [0.3, 0.4) is 0 Å². The number of rotatable bonds is 13. The lowest BCUT2D eigenvalue weighted by Crippen LogP contribution is -2.38. The second-order valence-electron chi connectivity index (χ2n) is 12.2. The molecule has 0 aromatic rings. The number of esters is 1. The minimum Gasteiger partial charge on any atom is -0.460 e. The van der Waals surface area contributed by atoms with Crippen LogP contribution >= 0.6 is 11.8 Å². The van der Waals surface area contributed by atoms with Crippen LogP contribution in [0.4, 0.5) is 4.79 Å². The van der Waals surface area contributed by atoms with Crippen molar-refractivity contribution in [2.24, 2.45) is 10.8 Å². The van der Waals surface area contributed by atoms with Crippen LogP contribution < -0.4 is 16.0 Å². The summed E-state index contributed by atoms with van der Waals surface area (Å²) in [7, 11) is 0. The summed E-state index contributed by atoms with van der Waals surface area (Å²) in [6.45, 7) is 15.2. The predicted molar refractivity (Wildman–Crippen MR) is 136 cm³/mol. The minimum absolute atomic E-state index is 0.0575. The summed E-state index contributed by atoms with van der Waals surface area (Å²) in [5.74, 6) is 0.805. The predicted octanol–water partition coefficient (Wildman–Crippen LogP) is 3.63. The van der Waals surface area contributed by atoms with Crippen molar-refractivity contribution in [1.82, 2.24) is 16.0 Å². The van der Waals surface area contributed by atoms with Crippen molar-refractivity contribution in [3.05, 3.63) is 0 Å². The highest BCUT2D eigenvalue weighted by atomic mass is 32.2. The zero-order chi connectivity index (χ0) is 25.6. The van der Waals surface area contributed by atoms with E-state index in [-0.39, 0.29) is 40.8 Å². The number of fused-ring (bicyclic) bond motifs is 1. The number of nitrogens with one attached hydrogen (secondary N) is 3. The van der Waals surface area contributed by atoms with Crippen LogP contribution in [0.15, 0.2) is 0 Å². The Morgan fingerprint density at radius 1 is 1.03 bits per heavy atom. The van der Waals surface area contributed by atoms with Gasteiger partial charge in [0, 0.05) is 29.4 Å². The Kier molecular flexibility index (Phi) is 10.1. The summed E-state index contributed by atoms with van der Waals surface area (Å²) in [5.41, 5.74) is -1.02. The van der Waals surface area contributed by atoms with Gasteiger partial charge in [-0.3, -0.25) is 9.59 Å². The van der Waals surface area contributed by atoms with Gasteiger partial charge in [0.1, 0.15) is 5.60 Å². The van der Waals surface area contributed by atoms with Crippen LogP contribution in [-0.4, -0.2) is 66.4 Å². The Balaban J connectivity index is 1.57. The molecule has 2 saturated heterocycles. The highest BCUT2D eigenvalue weighted by Crippen LogP contribution is 2.33. The zero-order valence-electron chi connectivity index (χ0n) is 22.0. The van der Waals surface area contributed by atoms with Gasteiger partial charge in [0.15, 0.2) is 0 Å². The highest BCUT2D eigenvalue weighted by molar-refractivity contribution is 8.00. The fraction of sp³-hybridized carbons (Fsp3) is 0.880. The molecule has 2 aliphatic heterocycles. The largest absolute Gasteiger partial charge is 0.460 e. The molecule has 3 N–H and O–H groups in total. The molecule has 2 heterocycles. The number of ether oxygens (including phenoxy) is 2. The zero-order valence-corrected chi connectivity index (χ0v) is 22.9. The van der Waals surface area contributed by atoms with E-state index < -0.39 is 5.60 Å². The molecular weight excluding hydrogens is 454 g/mol. The second kappa shape index (κ2) is 12.0. The fourth-order valence-electron chi connectivity index (χ4n) is 4.17. The third-order valence-electron chi connectivity index (χ3n) is 5.87. The summed E-state index contributed by atoms with van der Waals surface area (Å²) in [5, 5.41) is 9.44. The second-order valence-corrected chi connectivity index (χ2v) is 13.5.